The maximum atomic E-state index is 12.7. The van der Waals surface area contributed by atoms with Gasteiger partial charge in [0, 0.05) is 0 Å². The summed E-state index contributed by atoms with van der Waals surface area (Å²) in [5.41, 5.74) is 0. The standard InChI is InChI=1S/C6BrF13O/c7-1(8,3(10,11)12)6(19,20)21-2(9,4(13,14)15)5(16,17)18. The minimum Gasteiger partial charge on any atom is -0.264 e. The molecule has 0 aliphatic heterocycles. The fourth-order valence-electron chi connectivity index (χ4n) is 0.682. The molecule has 0 aromatic carbocycles. The van der Waals surface area contributed by atoms with Crippen LogP contribution in [0.4, 0.5) is 57.1 Å². The zero-order valence-electron chi connectivity index (χ0n) is 8.70. The van der Waals surface area contributed by atoms with Crippen molar-refractivity contribution in [3.8, 4) is 0 Å². The Bertz CT molecular complexity index is 362. The monoisotopic (exact) mass is 414 g/mol. The second kappa shape index (κ2) is 5.03. The van der Waals surface area contributed by atoms with Crippen LogP contribution in [0.1, 0.15) is 0 Å². The molecule has 0 saturated heterocycles. The van der Waals surface area contributed by atoms with Gasteiger partial charge >= 0.3 is 35.1 Å². The van der Waals surface area contributed by atoms with Crippen molar-refractivity contribution >= 4 is 15.9 Å². The largest absolute Gasteiger partial charge is 0.458 e. The van der Waals surface area contributed by atoms with E-state index in [1.807, 2.05) is 0 Å². The van der Waals surface area contributed by atoms with E-state index in [9.17, 15) is 57.1 Å². The quantitative estimate of drug-likeness (QED) is 0.466. The fraction of sp³-hybridized carbons (Fsp3) is 1.00. The Morgan fingerprint density at radius 1 is 0.524 bits per heavy atom. The maximum absolute atomic E-state index is 12.7. The van der Waals surface area contributed by atoms with Crippen LogP contribution < -0.4 is 0 Å². The average Bonchev–Trinajstić information content (AvgIpc) is 2.10. The van der Waals surface area contributed by atoms with Crippen LogP contribution in [0.2, 0.25) is 0 Å². The molecule has 1 atom stereocenters. The summed E-state index contributed by atoms with van der Waals surface area (Å²) >= 11 is 0.542. The van der Waals surface area contributed by atoms with E-state index >= 15 is 0 Å². The Hall–Kier alpha value is -0.470. The van der Waals surface area contributed by atoms with Crippen molar-refractivity contribution in [1.82, 2.24) is 0 Å². The summed E-state index contributed by atoms with van der Waals surface area (Å²) in [6, 6.07) is 0. The Morgan fingerprint density at radius 3 is 1.00 bits per heavy atom. The van der Waals surface area contributed by atoms with E-state index in [-0.39, 0.29) is 0 Å². The van der Waals surface area contributed by atoms with Crippen LogP contribution in [0.15, 0.2) is 0 Å². The number of hydrogen-bond donors (Lipinski definition) is 0. The molecular weight excluding hydrogens is 415 g/mol. The highest BCUT2D eigenvalue weighted by Gasteiger charge is 2.82. The van der Waals surface area contributed by atoms with Crippen molar-refractivity contribution in [1.29, 1.82) is 0 Å². The second-order valence-electron chi connectivity index (χ2n) is 3.28. The lowest BCUT2D eigenvalue weighted by Crippen LogP contribution is -2.63. The first-order chi connectivity index (χ1) is 8.71. The molecular formula is C6BrF13O. The third-order valence-corrected chi connectivity index (χ3v) is 2.63. The molecule has 0 heterocycles. The number of alkyl halides is 14. The van der Waals surface area contributed by atoms with Gasteiger partial charge in [-0.25, -0.2) is 4.39 Å². The molecule has 0 spiro atoms. The highest BCUT2D eigenvalue weighted by Crippen LogP contribution is 2.56. The SMILES string of the molecule is FC(F)(F)C(F)(Br)C(F)(F)OC(F)(C(F)(F)F)C(F)(F)F. The van der Waals surface area contributed by atoms with Crippen LogP contribution in [-0.2, 0) is 4.74 Å². The molecule has 0 fully saturated rings. The second-order valence-corrected chi connectivity index (χ2v) is 4.37. The Balaban J connectivity index is 5.89. The molecule has 0 rings (SSSR count). The van der Waals surface area contributed by atoms with Crippen LogP contribution in [0.25, 0.3) is 0 Å². The Labute approximate surface area is 114 Å². The molecule has 0 bridgehead atoms. The molecule has 0 amide bonds. The van der Waals surface area contributed by atoms with Crippen LogP contribution in [0.3, 0.4) is 0 Å². The van der Waals surface area contributed by atoms with Gasteiger partial charge in [-0.1, -0.05) is 0 Å². The smallest absolute Gasteiger partial charge is 0.264 e. The van der Waals surface area contributed by atoms with Crippen LogP contribution in [0, 0.1) is 0 Å². The van der Waals surface area contributed by atoms with E-state index in [4.69, 9.17) is 0 Å². The number of halogens is 14. The molecule has 0 N–H and O–H groups in total. The fourth-order valence-corrected chi connectivity index (χ4v) is 0.763. The molecule has 0 aliphatic rings. The van der Waals surface area contributed by atoms with Crippen molar-refractivity contribution in [2.75, 3.05) is 0 Å². The van der Waals surface area contributed by atoms with E-state index in [0.717, 1.165) is 0 Å². The van der Waals surface area contributed by atoms with Crippen molar-refractivity contribution in [2.24, 2.45) is 0 Å². The van der Waals surface area contributed by atoms with E-state index < -0.39 is 35.1 Å². The van der Waals surface area contributed by atoms with Crippen molar-refractivity contribution < 1.29 is 61.8 Å². The van der Waals surface area contributed by atoms with E-state index in [0.29, 0.717) is 15.9 Å². The predicted molar refractivity (Wildman–Crippen MR) is 40.8 cm³/mol. The van der Waals surface area contributed by atoms with E-state index in [1.165, 1.54) is 0 Å². The van der Waals surface area contributed by atoms with Gasteiger partial charge in [0.2, 0.25) is 0 Å². The van der Waals surface area contributed by atoms with Crippen molar-refractivity contribution in [3.05, 3.63) is 0 Å². The maximum Gasteiger partial charge on any atom is 0.458 e. The molecule has 128 valence electrons. The zero-order valence-corrected chi connectivity index (χ0v) is 10.3. The minimum absolute atomic E-state index is 0.542. The van der Waals surface area contributed by atoms with Gasteiger partial charge < -0.3 is 0 Å². The molecule has 0 aromatic rings. The van der Waals surface area contributed by atoms with Gasteiger partial charge in [0.05, 0.1) is 0 Å². The van der Waals surface area contributed by atoms with Crippen molar-refractivity contribution in [3.63, 3.8) is 0 Å². The molecule has 21 heavy (non-hydrogen) atoms. The van der Waals surface area contributed by atoms with Gasteiger partial charge in [0.1, 0.15) is 0 Å². The first-order valence-electron chi connectivity index (χ1n) is 4.05. The molecule has 0 saturated carbocycles. The van der Waals surface area contributed by atoms with Gasteiger partial charge in [-0.15, -0.1) is 0 Å². The van der Waals surface area contributed by atoms with Gasteiger partial charge in [-0.05, 0) is 15.9 Å². The Kier molecular flexibility index (Phi) is 4.91. The van der Waals surface area contributed by atoms with Crippen LogP contribution in [-0.4, -0.2) is 35.1 Å². The van der Waals surface area contributed by atoms with E-state index in [1.54, 1.807) is 4.74 Å². The lowest BCUT2D eigenvalue weighted by atomic mass is 10.2. The molecule has 1 nitrogen and oxygen atoms in total. The highest BCUT2D eigenvalue weighted by molar-refractivity contribution is 9.10. The molecule has 0 aromatic heterocycles. The molecule has 0 radical (unpaired) electrons. The predicted octanol–water partition coefficient (Wildman–Crippen LogP) is 5.01. The normalized spacial score (nSPS) is 18.6. The molecule has 15 heteroatoms. The first kappa shape index (κ1) is 20.5. The Morgan fingerprint density at radius 2 is 0.810 bits per heavy atom. The van der Waals surface area contributed by atoms with Gasteiger partial charge in [0.15, 0.2) is 0 Å². The summed E-state index contributed by atoms with van der Waals surface area (Å²) in [6.45, 7) is 0. The van der Waals surface area contributed by atoms with Crippen molar-refractivity contribution in [2.45, 2.75) is 35.1 Å². The van der Waals surface area contributed by atoms with E-state index in [2.05, 4.69) is 0 Å². The molecule has 0 aliphatic carbocycles. The van der Waals surface area contributed by atoms with Crippen LogP contribution in [0.5, 0.6) is 0 Å². The average molecular weight is 415 g/mol. The van der Waals surface area contributed by atoms with Gasteiger partial charge in [-0.3, -0.25) is 4.74 Å². The lowest BCUT2D eigenvalue weighted by Gasteiger charge is -2.36. The summed E-state index contributed by atoms with van der Waals surface area (Å²) in [4.78, 5) is 0. The van der Waals surface area contributed by atoms with Crippen LogP contribution >= 0.6 is 15.9 Å². The topological polar surface area (TPSA) is 9.23 Å². The lowest BCUT2D eigenvalue weighted by molar-refractivity contribution is -0.497. The minimum atomic E-state index is -7.26. The highest BCUT2D eigenvalue weighted by atomic mass is 79.9. The third-order valence-electron chi connectivity index (χ3n) is 1.72. The summed E-state index contributed by atoms with van der Waals surface area (Å²) in [7, 11) is 0. The number of hydrogen-bond acceptors (Lipinski definition) is 1. The summed E-state index contributed by atoms with van der Waals surface area (Å²) < 4.78 is 153. The summed E-state index contributed by atoms with van der Waals surface area (Å²) in [6.07, 6.45) is -28.2. The molecule has 1 unspecified atom stereocenters. The zero-order chi connectivity index (χ0) is 17.7. The van der Waals surface area contributed by atoms with Gasteiger partial charge in [0.25, 0.3) is 0 Å². The summed E-state index contributed by atoms with van der Waals surface area (Å²) in [5.74, 6) is -7.24. The number of ether oxygens (including phenoxy) is 1. The third kappa shape index (κ3) is 3.48. The van der Waals surface area contributed by atoms with Gasteiger partial charge in [-0.2, -0.15) is 52.7 Å². The first-order valence-corrected chi connectivity index (χ1v) is 4.85. The number of rotatable bonds is 3. The summed E-state index contributed by atoms with van der Waals surface area (Å²) in [5, 5.41) is 0.